The summed E-state index contributed by atoms with van der Waals surface area (Å²) in [6.07, 6.45) is 7.20. The third-order valence-corrected chi connectivity index (χ3v) is 6.71. The van der Waals surface area contributed by atoms with Gasteiger partial charge in [0.1, 0.15) is 16.4 Å². The maximum absolute atomic E-state index is 13.1. The summed E-state index contributed by atoms with van der Waals surface area (Å²) in [7, 11) is 0. The van der Waals surface area contributed by atoms with Gasteiger partial charge in [0.2, 0.25) is 5.91 Å². The summed E-state index contributed by atoms with van der Waals surface area (Å²) in [5.74, 6) is -0.00435. The van der Waals surface area contributed by atoms with Crippen LogP contribution in [0.25, 0.3) is 21.8 Å². The summed E-state index contributed by atoms with van der Waals surface area (Å²) in [6.45, 7) is 2.14. The van der Waals surface area contributed by atoms with E-state index >= 15 is 0 Å². The fourth-order valence-corrected chi connectivity index (χ4v) is 4.80. The molecule has 0 saturated carbocycles. The molecule has 2 aromatic carbocycles. The second-order valence-electron chi connectivity index (χ2n) is 8.17. The molecule has 0 radical (unpaired) electrons. The minimum Gasteiger partial charge on any atom is -0.350 e. The second-order valence-corrected chi connectivity index (χ2v) is 9.03. The molecule has 1 unspecified atom stereocenters. The van der Waals surface area contributed by atoms with Crippen molar-refractivity contribution in [3.63, 3.8) is 0 Å². The number of allylic oxidation sites excluding steroid dienone is 2. The summed E-state index contributed by atoms with van der Waals surface area (Å²) in [6, 6.07) is 18.1. The third-order valence-electron chi connectivity index (χ3n) is 5.82. The number of nitrogens with zero attached hydrogens (tertiary/aromatic N) is 3. The Morgan fingerprint density at radius 2 is 1.88 bits per heavy atom. The molecule has 3 heterocycles. The Balaban J connectivity index is 1.26. The van der Waals surface area contributed by atoms with E-state index in [2.05, 4.69) is 27.8 Å². The zero-order valence-corrected chi connectivity index (χ0v) is 18.9. The molecule has 1 aromatic heterocycles. The number of fused-ring (bicyclic) bond motifs is 1. The summed E-state index contributed by atoms with van der Waals surface area (Å²) in [4.78, 5) is 35.8. The number of aromatic nitrogens is 1. The van der Waals surface area contributed by atoms with Crippen LogP contribution in [0.15, 0.2) is 89.4 Å². The molecule has 0 bridgehead atoms. The average Bonchev–Trinajstić information content (AvgIpc) is 3.34. The number of amides is 2. The zero-order valence-electron chi connectivity index (χ0n) is 18.1. The van der Waals surface area contributed by atoms with E-state index < -0.39 is 5.54 Å². The molecule has 0 spiro atoms. The number of rotatable bonds is 5. The number of hydrogen-bond acceptors (Lipinski definition) is 5. The lowest BCUT2D eigenvalue weighted by atomic mass is 9.91. The van der Waals surface area contributed by atoms with Gasteiger partial charge in [0.05, 0.1) is 12.1 Å². The van der Waals surface area contributed by atoms with Crippen LogP contribution in [0.4, 0.5) is 0 Å². The minimum absolute atomic E-state index is 0.0350. The maximum Gasteiger partial charge on any atom is 0.250 e. The van der Waals surface area contributed by atoms with E-state index in [0.29, 0.717) is 12.4 Å². The van der Waals surface area contributed by atoms with Gasteiger partial charge < -0.3 is 10.2 Å². The number of amidine groups is 1. The number of carbonyl (C=O) groups excluding carboxylic acids is 2. The van der Waals surface area contributed by atoms with Gasteiger partial charge in [0.25, 0.3) is 5.91 Å². The van der Waals surface area contributed by atoms with Crippen LogP contribution in [0.2, 0.25) is 0 Å². The van der Waals surface area contributed by atoms with Crippen molar-refractivity contribution in [3.8, 4) is 21.8 Å². The summed E-state index contributed by atoms with van der Waals surface area (Å²) < 4.78 is 0. The van der Waals surface area contributed by atoms with Gasteiger partial charge in [-0.2, -0.15) is 4.99 Å². The van der Waals surface area contributed by atoms with E-state index in [1.165, 1.54) is 0 Å². The largest absolute Gasteiger partial charge is 0.350 e. The van der Waals surface area contributed by atoms with Gasteiger partial charge in [0.15, 0.2) is 0 Å². The molecule has 1 atom stereocenters. The molecule has 2 aliphatic heterocycles. The SMILES string of the molecule is CC1(C(=O)NCc2ccc(-c3nc(-c4ccccc4)cs3)cc2)CC(=O)N=C2C=CC=CN21. The van der Waals surface area contributed by atoms with Gasteiger partial charge in [-0.3, -0.25) is 9.59 Å². The van der Waals surface area contributed by atoms with Crippen LogP contribution in [0, 0.1) is 0 Å². The Hall–Kier alpha value is -3.84. The Labute approximate surface area is 196 Å². The molecule has 6 nitrogen and oxygen atoms in total. The monoisotopic (exact) mass is 454 g/mol. The van der Waals surface area contributed by atoms with Crippen molar-refractivity contribution in [2.24, 2.45) is 4.99 Å². The first-order valence-electron chi connectivity index (χ1n) is 10.7. The van der Waals surface area contributed by atoms with Crippen molar-refractivity contribution in [3.05, 3.63) is 90.0 Å². The quantitative estimate of drug-likeness (QED) is 0.613. The molecule has 5 rings (SSSR count). The number of thiazole rings is 1. The number of benzene rings is 2. The number of aliphatic imine (C=N–C) groups is 1. The molecule has 2 amide bonds. The molecular weight excluding hydrogens is 432 g/mol. The standard InChI is InChI=1S/C26H22N4O2S/c1-26(15-23(31)29-22-9-5-6-14-30(22)26)25(32)27-16-18-10-12-20(13-11-18)24-28-21(17-33-24)19-7-3-2-4-8-19/h2-14,17H,15-16H2,1H3,(H,27,32). The predicted molar refractivity (Wildman–Crippen MR) is 130 cm³/mol. The van der Waals surface area contributed by atoms with Gasteiger partial charge in [-0.1, -0.05) is 60.7 Å². The van der Waals surface area contributed by atoms with Gasteiger partial charge in [-0.05, 0) is 24.6 Å². The van der Waals surface area contributed by atoms with Crippen molar-refractivity contribution in [1.82, 2.24) is 15.2 Å². The van der Waals surface area contributed by atoms with E-state index in [4.69, 9.17) is 4.98 Å². The molecule has 0 aliphatic carbocycles. The Morgan fingerprint density at radius 1 is 1.09 bits per heavy atom. The molecule has 0 fully saturated rings. The highest BCUT2D eigenvalue weighted by molar-refractivity contribution is 7.13. The van der Waals surface area contributed by atoms with Crippen molar-refractivity contribution < 1.29 is 9.59 Å². The van der Waals surface area contributed by atoms with Gasteiger partial charge in [-0.15, -0.1) is 11.3 Å². The average molecular weight is 455 g/mol. The highest BCUT2D eigenvalue weighted by Gasteiger charge is 2.44. The number of nitrogens with one attached hydrogen (secondary N) is 1. The van der Waals surface area contributed by atoms with Crippen LogP contribution < -0.4 is 5.32 Å². The zero-order chi connectivity index (χ0) is 22.8. The van der Waals surface area contributed by atoms with E-state index in [1.54, 1.807) is 41.5 Å². The van der Waals surface area contributed by atoms with Crippen LogP contribution in [-0.4, -0.2) is 33.1 Å². The van der Waals surface area contributed by atoms with E-state index in [1.807, 2.05) is 48.5 Å². The first-order valence-corrected chi connectivity index (χ1v) is 11.6. The fourth-order valence-electron chi connectivity index (χ4n) is 3.96. The Kier molecular flexibility index (Phi) is 5.48. The van der Waals surface area contributed by atoms with Crippen molar-refractivity contribution in [1.29, 1.82) is 0 Å². The molecule has 1 N–H and O–H groups in total. The van der Waals surface area contributed by atoms with Crippen LogP contribution >= 0.6 is 11.3 Å². The molecule has 2 aliphatic rings. The van der Waals surface area contributed by atoms with Crippen molar-refractivity contribution >= 4 is 29.0 Å². The number of hydrogen-bond donors (Lipinski definition) is 1. The molecule has 3 aromatic rings. The minimum atomic E-state index is -1.01. The van der Waals surface area contributed by atoms with E-state index in [0.717, 1.165) is 27.4 Å². The van der Waals surface area contributed by atoms with Crippen LogP contribution in [-0.2, 0) is 16.1 Å². The van der Waals surface area contributed by atoms with Gasteiger partial charge >= 0.3 is 0 Å². The highest BCUT2D eigenvalue weighted by Crippen LogP contribution is 2.30. The van der Waals surface area contributed by atoms with Crippen LogP contribution in [0.3, 0.4) is 0 Å². The lowest BCUT2D eigenvalue weighted by Crippen LogP contribution is -2.59. The lowest BCUT2D eigenvalue weighted by molar-refractivity contribution is -0.134. The van der Waals surface area contributed by atoms with E-state index in [-0.39, 0.29) is 18.2 Å². The predicted octanol–water partition coefficient (Wildman–Crippen LogP) is 4.57. The van der Waals surface area contributed by atoms with Crippen molar-refractivity contribution in [2.75, 3.05) is 0 Å². The van der Waals surface area contributed by atoms with Crippen LogP contribution in [0.5, 0.6) is 0 Å². The maximum atomic E-state index is 13.1. The van der Waals surface area contributed by atoms with Crippen molar-refractivity contribution in [2.45, 2.75) is 25.4 Å². The second kappa shape index (κ2) is 8.60. The number of carbonyl (C=O) groups is 2. The van der Waals surface area contributed by atoms with Gasteiger partial charge in [-0.25, -0.2) is 4.98 Å². The molecule has 0 saturated heterocycles. The summed E-state index contributed by atoms with van der Waals surface area (Å²) >= 11 is 1.61. The lowest BCUT2D eigenvalue weighted by Gasteiger charge is -2.41. The smallest absolute Gasteiger partial charge is 0.250 e. The Morgan fingerprint density at radius 3 is 2.67 bits per heavy atom. The fraction of sp³-hybridized carbons (Fsp3) is 0.154. The topological polar surface area (TPSA) is 74.7 Å². The van der Waals surface area contributed by atoms with Gasteiger partial charge in [0, 0.05) is 29.3 Å². The first kappa shape index (κ1) is 21.0. The summed E-state index contributed by atoms with van der Waals surface area (Å²) in [5.41, 5.74) is 3.06. The highest BCUT2D eigenvalue weighted by atomic mass is 32.1. The third kappa shape index (κ3) is 4.15. The van der Waals surface area contributed by atoms with Crippen LogP contribution in [0.1, 0.15) is 18.9 Å². The molecule has 7 heteroatoms. The molecule has 33 heavy (non-hydrogen) atoms. The molecular formula is C26H22N4O2S. The first-order chi connectivity index (χ1) is 16.0. The van der Waals surface area contributed by atoms with E-state index in [9.17, 15) is 9.59 Å². The summed E-state index contributed by atoms with van der Waals surface area (Å²) in [5, 5.41) is 6.00. The normalized spacial score (nSPS) is 19.2. The molecule has 164 valence electrons. The Bertz CT molecular complexity index is 1290.